The molecule has 11 rings (SSSR count). The van der Waals surface area contributed by atoms with E-state index in [1.54, 1.807) is 35.4 Å². The van der Waals surface area contributed by atoms with Crippen molar-refractivity contribution in [1.29, 1.82) is 0 Å². The van der Waals surface area contributed by atoms with E-state index in [1.165, 1.54) is 19.6 Å². The van der Waals surface area contributed by atoms with Crippen molar-refractivity contribution < 1.29 is 115 Å². The number of ether oxygens (including phenoxy) is 20. The molecule has 0 aromatic rings. The maximum Gasteiger partial charge on any atom is 0.303 e. The highest BCUT2D eigenvalue weighted by Gasteiger charge is 2.66. The molecule has 24 heteroatoms. The zero-order valence-electron chi connectivity index (χ0n) is 55.8. The summed E-state index contributed by atoms with van der Waals surface area (Å²) in [5, 5.41) is 34.1. The Balaban J connectivity index is 0.644. The molecule has 0 aromatic heterocycles. The van der Waals surface area contributed by atoms with E-state index in [-0.39, 0.29) is 43.2 Å². The molecule has 0 amide bonds. The summed E-state index contributed by atoms with van der Waals surface area (Å²) in [6.07, 6.45) is -4.22. The number of carbonyl (C=O) groups excluding carboxylic acids is 1. The molecular formula is C66H108O24. The smallest absolute Gasteiger partial charge is 0.303 e. The van der Waals surface area contributed by atoms with E-state index in [0.717, 1.165) is 44.9 Å². The number of methoxy groups -OCH3 is 5. The topological polar surface area (TPSA) is 262 Å². The third-order valence-electron chi connectivity index (χ3n) is 23.4. The monoisotopic (exact) mass is 1280 g/mol. The molecule has 0 aromatic carbocycles. The van der Waals surface area contributed by atoms with Crippen LogP contribution in [0.5, 0.6) is 0 Å². The van der Waals surface area contributed by atoms with Gasteiger partial charge in [0.05, 0.1) is 85.0 Å². The maximum atomic E-state index is 12.8. The van der Waals surface area contributed by atoms with E-state index in [0.29, 0.717) is 43.4 Å². The minimum Gasteiger partial charge on any atom is -0.454 e. The second-order valence-electron chi connectivity index (χ2n) is 28.5. The summed E-state index contributed by atoms with van der Waals surface area (Å²) in [6, 6.07) is 0. The SMILES string of the molecule is CO[C@H]1[C@@H](O)[C@@H](C)O[C@@H](O[C@H]2[C@@H](OC)C[C@H](O[C@H]3[C@@H](OC)C[C@H](O[C@H]4[C@@H](OC)C[C@H](O[C@@H]5[C@@H](C)O[C@]6(CO[C@@H]7[C@@H](C)O[C@@H](O[C@@H](C)[C@@]8(O)CC[C@@H]9[C@@H]%10CC=C%11C[C@@H](O)CC[C@]%11(C)[C@H]%10CC[C@@]98C)C[C@H]7OCO6)C[C@H]5OC)O[C@@H]4C)O[C@@H]3C)O[C@@H]2C)[C@@H]1OC(C)=O. The fraction of sp³-hybridized carbons (Fsp3) is 0.955. The Kier molecular flexibility index (Phi) is 22.0. The average molecular weight is 1290 g/mol. The Morgan fingerprint density at radius 2 is 1.18 bits per heavy atom. The molecule has 7 saturated heterocycles. The fourth-order valence-electron chi connectivity index (χ4n) is 18.4. The number of hydrogen-bond acceptors (Lipinski definition) is 24. The largest absolute Gasteiger partial charge is 0.454 e. The molecule has 1 spiro atoms. The van der Waals surface area contributed by atoms with Crippen molar-refractivity contribution >= 4 is 5.97 Å². The Morgan fingerprint density at radius 1 is 0.611 bits per heavy atom. The van der Waals surface area contributed by atoms with Gasteiger partial charge in [0.25, 0.3) is 0 Å². The van der Waals surface area contributed by atoms with Crippen LogP contribution < -0.4 is 0 Å². The van der Waals surface area contributed by atoms with Crippen molar-refractivity contribution in [2.75, 3.05) is 48.9 Å². The Hall–Kier alpha value is -1.67. The highest BCUT2D eigenvalue weighted by atomic mass is 16.8. The van der Waals surface area contributed by atoms with Crippen molar-refractivity contribution in [3.63, 3.8) is 0 Å². The van der Waals surface area contributed by atoms with Crippen LogP contribution in [0.3, 0.4) is 0 Å². The molecule has 0 bridgehead atoms. The highest BCUT2D eigenvalue weighted by molar-refractivity contribution is 5.66. The van der Waals surface area contributed by atoms with Gasteiger partial charge in [-0.15, -0.1) is 0 Å². The second-order valence-corrected chi connectivity index (χ2v) is 28.5. The van der Waals surface area contributed by atoms with Crippen LogP contribution in [-0.4, -0.2) is 241 Å². The maximum absolute atomic E-state index is 12.8. The molecular weight excluding hydrogens is 1180 g/mol. The lowest BCUT2D eigenvalue weighted by atomic mass is 9.46. The molecule has 24 nitrogen and oxygen atoms in total. The summed E-state index contributed by atoms with van der Waals surface area (Å²) in [4.78, 5) is 12.1. The van der Waals surface area contributed by atoms with Gasteiger partial charge in [0, 0.05) is 80.0 Å². The van der Waals surface area contributed by atoms with Gasteiger partial charge in [-0.05, 0) is 123 Å². The van der Waals surface area contributed by atoms with Crippen molar-refractivity contribution in [3.8, 4) is 0 Å². The summed E-state index contributed by atoms with van der Waals surface area (Å²) >= 11 is 0. The molecule has 10 fully saturated rings. The predicted octanol–water partition coefficient (Wildman–Crippen LogP) is 5.90. The third-order valence-corrected chi connectivity index (χ3v) is 23.4. The van der Waals surface area contributed by atoms with Gasteiger partial charge in [-0.1, -0.05) is 25.5 Å². The lowest BCUT2D eigenvalue weighted by Gasteiger charge is -2.59. The Morgan fingerprint density at radius 3 is 1.76 bits per heavy atom. The molecule has 3 N–H and O–H groups in total. The first-order chi connectivity index (χ1) is 42.9. The number of fused-ring (bicyclic) bond motifs is 6. The Labute approximate surface area is 532 Å². The van der Waals surface area contributed by atoms with Gasteiger partial charge < -0.3 is 110 Å². The first-order valence-electron chi connectivity index (χ1n) is 33.6. The van der Waals surface area contributed by atoms with Crippen LogP contribution in [0.1, 0.15) is 153 Å². The molecule has 33 atom stereocenters. The molecule has 11 aliphatic rings. The number of esters is 1. The fourth-order valence-corrected chi connectivity index (χ4v) is 18.4. The van der Waals surface area contributed by atoms with Gasteiger partial charge in [0.15, 0.2) is 50.1 Å². The summed E-state index contributed by atoms with van der Waals surface area (Å²) in [5.74, 6) is -0.313. The minimum absolute atomic E-state index is 0.0559. The number of allylic oxidation sites excluding steroid dienone is 1. The summed E-state index contributed by atoms with van der Waals surface area (Å²) in [5.41, 5.74) is 0.271. The van der Waals surface area contributed by atoms with Crippen LogP contribution in [0.4, 0.5) is 0 Å². The first-order valence-corrected chi connectivity index (χ1v) is 33.6. The van der Waals surface area contributed by atoms with Gasteiger partial charge in [-0.3, -0.25) is 4.79 Å². The number of hydrogen-bond donors (Lipinski definition) is 3. The second kappa shape index (κ2) is 28.4. The van der Waals surface area contributed by atoms with E-state index >= 15 is 0 Å². The molecule has 3 saturated carbocycles. The molecule has 90 heavy (non-hydrogen) atoms. The first kappa shape index (κ1) is 69.7. The van der Waals surface area contributed by atoms with E-state index in [9.17, 15) is 20.1 Å². The molecule has 7 aliphatic heterocycles. The highest BCUT2D eigenvalue weighted by Crippen LogP contribution is 2.68. The lowest BCUT2D eigenvalue weighted by Crippen LogP contribution is -2.62. The van der Waals surface area contributed by atoms with E-state index in [2.05, 4.69) is 19.9 Å². The minimum atomic E-state index is -1.21. The molecule has 0 unspecified atom stereocenters. The average Bonchev–Trinajstić information content (AvgIpc) is 1.47. The van der Waals surface area contributed by atoms with Crippen LogP contribution in [0.15, 0.2) is 11.6 Å². The van der Waals surface area contributed by atoms with E-state index in [1.807, 2.05) is 41.5 Å². The van der Waals surface area contributed by atoms with Crippen LogP contribution >= 0.6 is 0 Å². The number of aliphatic hydroxyl groups is 3. The van der Waals surface area contributed by atoms with Gasteiger partial charge in [0.1, 0.15) is 49.3 Å². The third kappa shape index (κ3) is 13.6. The number of rotatable bonds is 17. The van der Waals surface area contributed by atoms with Gasteiger partial charge in [0.2, 0.25) is 0 Å². The zero-order chi connectivity index (χ0) is 64.4. The predicted molar refractivity (Wildman–Crippen MR) is 317 cm³/mol. The summed E-state index contributed by atoms with van der Waals surface area (Å²) < 4.78 is 127. The van der Waals surface area contributed by atoms with Crippen molar-refractivity contribution in [3.05, 3.63) is 11.6 Å². The lowest BCUT2D eigenvalue weighted by molar-refractivity contribution is -0.396. The standard InChI is InChI=1S/C66H108O24/c1-32-54(69)60(75-15)61(85-39(8)67)62(83-32)89-58-36(5)82-52(27-47(58)73-13)87-56-34(3)80-51(25-45(56)71-11)86-57-35(4)81-53(26-46(57)72-12)88-59-37(6)90-65(29-49(59)74-14)30-76-55-33(2)79-50(28-48(55)77-31-78-65)84-38(7)66(70)23-20-44-42-17-16-40-24-41(68)18-21-63(40,9)43(42)19-22-64(44,66)10/h16,32-38,41-62,68-70H,17-31H2,1-15H3/t32-,33-,34-,35-,36-,37-,38+,41+,42-,43+,44-,45+,46+,47+,48-,49-,50+,51+,52+,53+,54+,55-,56-,57-,58-,59-,60+,61-,62+,63+,64+,65+,66+/m1/s1. The number of aliphatic hydroxyl groups excluding tert-OH is 2. The van der Waals surface area contributed by atoms with E-state index < -0.39 is 171 Å². The molecule has 516 valence electrons. The van der Waals surface area contributed by atoms with Gasteiger partial charge in [-0.2, -0.15) is 0 Å². The van der Waals surface area contributed by atoms with Crippen molar-refractivity contribution in [1.82, 2.24) is 0 Å². The molecule has 0 radical (unpaired) electrons. The Bertz CT molecular complexity index is 2410. The zero-order valence-corrected chi connectivity index (χ0v) is 55.8. The summed E-state index contributed by atoms with van der Waals surface area (Å²) in [6.45, 7) is 19.4. The van der Waals surface area contributed by atoms with Gasteiger partial charge in [-0.25, -0.2) is 0 Å². The van der Waals surface area contributed by atoms with E-state index in [4.69, 9.17) is 94.7 Å². The van der Waals surface area contributed by atoms with Crippen molar-refractivity contribution in [2.45, 2.75) is 324 Å². The molecule has 7 heterocycles. The number of carbonyl (C=O) groups is 1. The molecule has 4 aliphatic carbocycles. The van der Waals surface area contributed by atoms with Crippen LogP contribution in [-0.2, 0) is 99.5 Å². The quantitative estimate of drug-likeness (QED) is 0.113. The van der Waals surface area contributed by atoms with Crippen LogP contribution in [0.2, 0.25) is 0 Å². The van der Waals surface area contributed by atoms with Gasteiger partial charge >= 0.3 is 5.97 Å². The summed E-state index contributed by atoms with van der Waals surface area (Å²) in [7, 11) is 7.92. The van der Waals surface area contributed by atoms with Crippen molar-refractivity contribution in [2.24, 2.45) is 28.6 Å². The normalized spacial score (nSPS) is 52.0. The van der Waals surface area contributed by atoms with Crippen LogP contribution in [0, 0.1) is 28.6 Å². The van der Waals surface area contributed by atoms with Crippen LogP contribution in [0.25, 0.3) is 0 Å².